The SMILES string of the molecule is C=C(C)C(=O)ON1C(=O)CCC1=O.COCCOC(=O)C(C)(C)Br. The van der Waals surface area contributed by atoms with Gasteiger partial charge in [-0.1, -0.05) is 22.5 Å². The zero-order chi connectivity index (χ0) is 18.9. The topological polar surface area (TPSA) is 99.2 Å². The Hall–Kier alpha value is -1.74. The summed E-state index contributed by atoms with van der Waals surface area (Å²) in [6.45, 7) is 8.99. The number of carbonyl (C=O) groups excluding carboxylic acids is 4. The molecule has 0 bridgehead atoms. The van der Waals surface area contributed by atoms with Crippen LogP contribution in [0.4, 0.5) is 0 Å². The van der Waals surface area contributed by atoms with Crippen molar-refractivity contribution in [3.05, 3.63) is 12.2 Å². The summed E-state index contributed by atoms with van der Waals surface area (Å²) in [5.74, 6) is -2.00. The van der Waals surface area contributed by atoms with E-state index in [2.05, 4.69) is 27.3 Å². The summed E-state index contributed by atoms with van der Waals surface area (Å²) in [6, 6.07) is 0. The number of ether oxygens (including phenoxy) is 2. The second kappa shape index (κ2) is 10.2. The van der Waals surface area contributed by atoms with Crippen molar-refractivity contribution < 1.29 is 33.5 Å². The van der Waals surface area contributed by atoms with Gasteiger partial charge in [-0.2, -0.15) is 0 Å². The van der Waals surface area contributed by atoms with Crippen LogP contribution in [0, 0.1) is 0 Å². The maximum Gasteiger partial charge on any atom is 0.359 e. The number of alkyl halides is 1. The quantitative estimate of drug-likeness (QED) is 0.216. The zero-order valence-electron chi connectivity index (χ0n) is 14.2. The summed E-state index contributed by atoms with van der Waals surface area (Å²) in [7, 11) is 1.56. The minimum Gasteiger partial charge on any atom is -0.462 e. The highest BCUT2D eigenvalue weighted by atomic mass is 79.9. The van der Waals surface area contributed by atoms with Gasteiger partial charge in [-0.05, 0) is 20.8 Å². The summed E-state index contributed by atoms with van der Waals surface area (Å²) in [6.07, 6.45) is 0.199. The van der Waals surface area contributed by atoms with Crippen LogP contribution in [0.2, 0.25) is 0 Å². The Morgan fingerprint density at radius 1 is 1.21 bits per heavy atom. The number of imide groups is 1. The average Bonchev–Trinajstić information content (AvgIpc) is 2.78. The van der Waals surface area contributed by atoms with Crippen LogP contribution in [-0.4, -0.2) is 53.5 Å². The van der Waals surface area contributed by atoms with Crippen molar-refractivity contribution in [1.82, 2.24) is 5.06 Å². The smallest absolute Gasteiger partial charge is 0.359 e. The molecule has 0 aliphatic carbocycles. The maximum absolute atomic E-state index is 11.0. The van der Waals surface area contributed by atoms with E-state index in [4.69, 9.17) is 9.47 Å². The van der Waals surface area contributed by atoms with E-state index in [1.165, 1.54) is 6.92 Å². The van der Waals surface area contributed by atoms with Gasteiger partial charge in [0.25, 0.3) is 11.8 Å². The van der Waals surface area contributed by atoms with Gasteiger partial charge < -0.3 is 14.3 Å². The molecule has 0 radical (unpaired) electrons. The lowest BCUT2D eigenvalue weighted by Crippen LogP contribution is -2.32. The van der Waals surface area contributed by atoms with Crippen LogP contribution in [0.15, 0.2) is 12.2 Å². The lowest BCUT2D eigenvalue weighted by molar-refractivity contribution is -0.194. The Labute approximate surface area is 149 Å². The number of carbonyl (C=O) groups is 4. The van der Waals surface area contributed by atoms with E-state index in [1.807, 2.05) is 0 Å². The second-order valence-corrected chi connectivity index (χ2v) is 7.32. The van der Waals surface area contributed by atoms with Crippen molar-refractivity contribution >= 4 is 39.7 Å². The Bertz CT molecular complexity index is 494. The molecule has 9 heteroatoms. The molecule has 0 aromatic rings. The molecule has 1 aliphatic heterocycles. The first-order chi connectivity index (χ1) is 11.0. The van der Waals surface area contributed by atoms with Gasteiger partial charge in [0, 0.05) is 25.5 Å². The van der Waals surface area contributed by atoms with Gasteiger partial charge in [0.2, 0.25) is 0 Å². The zero-order valence-corrected chi connectivity index (χ0v) is 15.8. The van der Waals surface area contributed by atoms with Crippen LogP contribution in [0.1, 0.15) is 33.6 Å². The minimum absolute atomic E-state index is 0.0995. The predicted molar refractivity (Wildman–Crippen MR) is 87.8 cm³/mol. The van der Waals surface area contributed by atoms with E-state index in [-0.39, 0.29) is 24.4 Å². The Balaban J connectivity index is 0.000000449. The molecule has 1 aliphatic rings. The molecule has 1 rings (SSSR count). The van der Waals surface area contributed by atoms with E-state index < -0.39 is 22.1 Å². The first-order valence-corrected chi connectivity index (χ1v) is 7.88. The fourth-order valence-corrected chi connectivity index (χ4v) is 1.32. The van der Waals surface area contributed by atoms with Gasteiger partial charge in [0.05, 0.1) is 6.61 Å². The number of hydrogen-bond acceptors (Lipinski definition) is 7. The van der Waals surface area contributed by atoms with E-state index in [0.717, 1.165) is 0 Å². The molecular formula is C15H22BrNO7. The molecule has 0 aromatic carbocycles. The molecule has 136 valence electrons. The molecule has 0 saturated carbocycles. The van der Waals surface area contributed by atoms with Gasteiger partial charge in [-0.25, -0.2) is 4.79 Å². The lowest BCUT2D eigenvalue weighted by atomic mass is 10.2. The number of methoxy groups -OCH3 is 1. The van der Waals surface area contributed by atoms with E-state index in [1.54, 1.807) is 21.0 Å². The lowest BCUT2D eigenvalue weighted by Gasteiger charge is -2.14. The third-order valence-corrected chi connectivity index (χ3v) is 2.86. The highest BCUT2D eigenvalue weighted by Gasteiger charge is 2.32. The Morgan fingerprint density at radius 3 is 2.08 bits per heavy atom. The summed E-state index contributed by atoms with van der Waals surface area (Å²) in [4.78, 5) is 48.3. The van der Waals surface area contributed by atoms with Gasteiger partial charge in [0.15, 0.2) is 0 Å². The van der Waals surface area contributed by atoms with Gasteiger partial charge in [0.1, 0.15) is 10.9 Å². The Morgan fingerprint density at radius 2 is 1.71 bits per heavy atom. The molecule has 0 aromatic heterocycles. The van der Waals surface area contributed by atoms with E-state index >= 15 is 0 Å². The fraction of sp³-hybridized carbons (Fsp3) is 0.600. The molecule has 2 amide bonds. The van der Waals surface area contributed by atoms with Crippen LogP contribution >= 0.6 is 15.9 Å². The monoisotopic (exact) mass is 407 g/mol. The molecule has 24 heavy (non-hydrogen) atoms. The standard InChI is InChI=1S/C8H9NO4.C7H13BrO3/c1-5(2)8(12)13-9-6(10)3-4-7(9)11;1-7(2,8)6(9)11-5-4-10-3/h1,3-4H2,2H3;4-5H2,1-3H3. The summed E-state index contributed by atoms with van der Waals surface area (Å²) < 4.78 is 8.95. The molecule has 1 saturated heterocycles. The fourth-order valence-electron chi connectivity index (χ4n) is 1.21. The number of hydroxylamine groups is 2. The van der Waals surface area contributed by atoms with Crippen molar-refractivity contribution in [2.45, 2.75) is 37.9 Å². The third kappa shape index (κ3) is 8.21. The minimum atomic E-state index is -0.761. The number of nitrogens with zero attached hydrogens (tertiary/aromatic N) is 1. The molecule has 0 atom stereocenters. The number of amides is 2. The molecular weight excluding hydrogens is 386 g/mol. The van der Waals surface area contributed by atoms with E-state index in [0.29, 0.717) is 18.3 Å². The van der Waals surface area contributed by atoms with Crippen molar-refractivity contribution in [1.29, 1.82) is 0 Å². The molecule has 1 heterocycles. The summed E-state index contributed by atoms with van der Waals surface area (Å²) >= 11 is 3.18. The number of hydrogen-bond donors (Lipinski definition) is 0. The highest BCUT2D eigenvalue weighted by Crippen LogP contribution is 2.17. The van der Waals surface area contributed by atoms with E-state index in [9.17, 15) is 19.2 Å². The van der Waals surface area contributed by atoms with Crippen LogP contribution in [-0.2, 0) is 33.5 Å². The first kappa shape index (κ1) is 22.3. The summed E-state index contributed by atoms with van der Waals surface area (Å²) in [5, 5.41) is 0.497. The molecule has 1 fully saturated rings. The number of rotatable bonds is 6. The van der Waals surface area contributed by atoms with Crippen LogP contribution in [0.3, 0.4) is 0 Å². The van der Waals surface area contributed by atoms with Gasteiger partial charge in [-0.15, -0.1) is 5.06 Å². The maximum atomic E-state index is 11.0. The molecule has 0 N–H and O–H groups in total. The predicted octanol–water partition coefficient (Wildman–Crippen LogP) is 1.52. The van der Waals surface area contributed by atoms with Gasteiger partial charge >= 0.3 is 11.9 Å². The third-order valence-electron chi connectivity index (χ3n) is 2.53. The largest absolute Gasteiger partial charge is 0.462 e. The highest BCUT2D eigenvalue weighted by molar-refractivity contribution is 9.10. The molecule has 0 unspecified atom stereocenters. The first-order valence-electron chi connectivity index (χ1n) is 7.09. The molecule has 8 nitrogen and oxygen atoms in total. The van der Waals surface area contributed by atoms with Crippen molar-refractivity contribution in [3.8, 4) is 0 Å². The van der Waals surface area contributed by atoms with Crippen LogP contribution in [0.5, 0.6) is 0 Å². The normalized spacial score (nSPS) is 14.0. The van der Waals surface area contributed by atoms with Gasteiger partial charge in [-0.3, -0.25) is 14.4 Å². The van der Waals surface area contributed by atoms with Crippen LogP contribution in [0.25, 0.3) is 0 Å². The average molecular weight is 408 g/mol. The van der Waals surface area contributed by atoms with Crippen molar-refractivity contribution in [2.24, 2.45) is 0 Å². The number of halogens is 1. The Kier molecular flexibility index (Phi) is 9.45. The summed E-state index contributed by atoms with van der Waals surface area (Å²) in [5.41, 5.74) is 0.146. The second-order valence-electron chi connectivity index (χ2n) is 5.34. The van der Waals surface area contributed by atoms with Crippen molar-refractivity contribution in [3.63, 3.8) is 0 Å². The number of esters is 1. The molecule has 0 spiro atoms. The van der Waals surface area contributed by atoms with Crippen LogP contribution < -0.4 is 0 Å². The van der Waals surface area contributed by atoms with Crippen molar-refractivity contribution in [2.75, 3.05) is 20.3 Å².